The van der Waals surface area contributed by atoms with Gasteiger partial charge in [-0.05, 0) is 24.4 Å². The van der Waals surface area contributed by atoms with Gasteiger partial charge in [-0.25, -0.2) is 9.97 Å². The van der Waals surface area contributed by atoms with Crippen LogP contribution in [0.1, 0.15) is 27.2 Å². The highest BCUT2D eigenvalue weighted by molar-refractivity contribution is 5.28. The second-order valence-electron chi connectivity index (χ2n) is 4.84. The topological polar surface area (TPSA) is 55.0 Å². The molecular weight excluding hydrogens is 200 g/mol. The van der Waals surface area contributed by atoms with Crippen LogP contribution < -0.4 is 10.6 Å². The maximum absolute atomic E-state index is 5.76. The summed E-state index contributed by atoms with van der Waals surface area (Å²) in [5, 5.41) is 0. The van der Waals surface area contributed by atoms with Crippen molar-refractivity contribution in [1.29, 1.82) is 0 Å². The Labute approximate surface area is 97.9 Å². The van der Waals surface area contributed by atoms with Gasteiger partial charge in [-0.15, -0.1) is 0 Å². The molecule has 0 aromatic carbocycles. The second-order valence-corrected chi connectivity index (χ2v) is 4.84. The first-order chi connectivity index (χ1) is 7.59. The monoisotopic (exact) mass is 222 g/mol. The Morgan fingerprint density at radius 2 is 1.94 bits per heavy atom. The van der Waals surface area contributed by atoms with E-state index >= 15 is 0 Å². The highest BCUT2D eigenvalue weighted by Crippen LogP contribution is 2.18. The van der Waals surface area contributed by atoms with E-state index < -0.39 is 0 Å². The van der Waals surface area contributed by atoms with Gasteiger partial charge >= 0.3 is 0 Å². The van der Waals surface area contributed by atoms with Gasteiger partial charge in [0.25, 0.3) is 0 Å². The molecule has 0 amide bonds. The Kier molecular flexibility index (Phi) is 4.68. The number of anilines is 1. The lowest BCUT2D eigenvalue weighted by atomic mass is 9.93. The van der Waals surface area contributed by atoms with Gasteiger partial charge in [0.1, 0.15) is 0 Å². The largest absolute Gasteiger partial charge is 0.340 e. The predicted octanol–water partition coefficient (Wildman–Crippen LogP) is 1.68. The minimum Gasteiger partial charge on any atom is -0.340 e. The average molecular weight is 222 g/mol. The molecule has 0 aliphatic heterocycles. The summed E-state index contributed by atoms with van der Waals surface area (Å²) in [6.07, 6.45) is 4.64. The lowest BCUT2D eigenvalue weighted by Gasteiger charge is -2.31. The van der Waals surface area contributed by atoms with Crippen LogP contribution in [0.5, 0.6) is 0 Å². The van der Waals surface area contributed by atoms with Crippen molar-refractivity contribution in [1.82, 2.24) is 9.97 Å². The Morgan fingerprint density at radius 3 is 2.44 bits per heavy atom. The first-order valence-corrected chi connectivity index (χ1v) is 5.81. The lowest BCUT2D eigenvalue weighted by Crippen LogP contribution is -2.40. The zero-order chi connectivity index (χ0) is 12.0. The number of rotatable bonds is 6. The molecule has 90 valence electrons. The SMILES string of the molecule is CCCN(CC(C)(C)CN)c1ncccn1. The molecule has 0 spiro atoms. The summed E-state index contributed by atoms with van der Waals surface area (Å²) in [6.45, 7) is 9.01. The first kappa shape index (κ1) is 12.9. The van der Waals surface area contributed by atoms with Gasteiger partial charge in [0.2, 0.25) is 5.95 Å². The third-order valence-electron chi connectivity index (χ3n) is 2.50. The number of hydrogen-bond donors (Lipinski definition) is 1. The molecule has 1 rings (SSSR count). The molecule has 1 heterocycles. The summed E-state index contributed by atoms with van der Waals surface area (Å²) in [6, 6.07) is 1.84. The maximum Gasteiger partial charge on any atom is 0.225 e. The Balaban J connectivity index is 2.76. The lowest BCUT2D eigenvalue weighted by molar-refractivity contribution is 0.375. The van der Waals surface area contributed by atoms with Crippen molar-refractivity contribution < 1.29 is 0 Å². The van der Waals surface area contributed by atoms with Crippen molar-refractivity contribution in [2.75, 3.05) is 24.5 Å². The van der Waals surface area contributed by atoms with Gasteiger partial charge in [-0.2, -0.15) is 0 Å². The third kappa shape index (κ3) is 3.77. The fourth-order valence-electron chi connectivity index (χ4n) is 1.56. The zero-order valence-electron chi connectivity index (χ0n) is 10.5. The van der Waals surface area contributed by atoms with Crippen LogP contribution in [0.25, 0.3) is 0 Å². The van der Waals surface area contributed by atoms with E-state index in [4.69, 9.17) is 5.73 Å². The molecule has 2 N–H and O–H groups in total. The molecule has 0 unspecified atom stereocenters. The van der Waals surface area contributed by atoms with E-state index in [-0.39, 0.29) is 5.41 Å². The maximum atomic E-state index is 5.76. The van der Waals surface area contributed by atoms with Crippen molar-refractivity contribution in [3.63, 3.8) is 0 Å². The number of nitrogens with zero attached hydrogens (tertiary/aromatic N) is 3. The van der Waals surface area contributed by atoms with E-state index in [1.807, 2.05) is 6.07 Å². The fourth-order valence-corrected chi connectivity index (χ4v) is 1.56. The van der Waals surface area contributed by atoms with Crippen LogP contribution in [0.15, 0.2) is 18.5 Å². The Morgan fingerprint density at radius 1 is 1.31 bits per heavy atom. The molecular formula is C12H22N4. The van der Waals surface area contributed by atoms with Crippen LogP contribution in [-0.2, 0) is 0 Å². The Hall–Kier alpha value is -1.16. The van der Waals surface area contributed by atoms with Crippen molar-refractivity contribution in [3.05, 3.63) is 18.5 Å². The number of hydrogen-bond acceptors (Lipinski definition) is 4. The number of aromatic nitrogens is 2. The third-order valence-corrected chi connectivity index (χ3v) is 2.50. The molecule has 4 nitrogen and oxygen atoms in total. The van der Waals surface area contributed by atoms with Crippen LogP contribution in [0, 0.1) is 5.41 Å². The van der Waals surface area contributed by atoms with Gasteiger partial charge in [0.15, 0.2) is 0 Å². The minimum atomic E-state index is 0.0916. The van der Waals surface area contributed by atoms with Crippen molar-refractivity contribution in [2.45, 2.75) is 27.2 Å². The second kappa shape index (κ2) is 5.80. The molecule has 0 saturated heterocycles. The van der Waals surface area contributed by atoms with Crippen molar-refractivity contribution >= 4 is 5.95 Å². The normalized spacial score (nSPS) is 11.5. The van der Waals surface area contributed by atoms with Crippen LogP contribution >= 0.6 is 0 Å². The van der Waals surface area contributed by atoms with E-state index in [1.54, 1.807) is 12.4 Å². The standard InChI is InChI=1S/C12H22N4/c1-4-8-16(10-12(2,3)9-13)11-14-6-5-7-15-11/h5-7H,4,8-10,13H2,1-3H3. The molecule has 1 aromatic heterocycles. The smallest absolute Gasteiger partial charge is 0.225 e. The highest BCUT2D eigenvalue weighted by atomic mass is 15.2. The van der Waals surface area contributed by atoms with E-state index in [9.17, 15) is 0 Å². The molecule has 0 aliphatic carbocycles. The summed E-state index contributed by atoms with van der Waals surface area (Å²) in [5.41, 5.74) is 5.85. The summed E-state index contributed by atoms with van der Waals surface area (Å²) in [7, 11) is 0. The molecule has 0 aliphatic rings. The van der Waals surface area contributed by atoms with Gasteiger partial charge in [0.05, 0.1) is 0 Å². The van der Waals surface area contributed by atoms with Gasteiger partial charge in [-0.1, -0.05) is 20.8 Å². The summed E-state index contributed by atoms with van der Waals surface area (Å²) in [5.74, 6) is 0.797. The summed E-state index contributed by atoms with van der Waals surface area (Å²) >= 11 is 0. The summed E-state index contributed by atoms with van der Waals surface area (Å²) in [4.78, 5) is 10.8. The van der Waals surface area contributed by atoms with Crippen molar-refractivity contribution in [3.8, 4) is 0 Å². The van der Waals surface area contributed by atoms with Crippen LogP contribution in [0.2, 0.25) is 0 Å². The highest BCUT2D eigenvalue weighted by Gasteiger charge is 2.21. The van der Waals surface area contributed by atoms with Crippen molar-refractivity contribution in [2.24, 2.45) is 11.1 Å². The van der Waals surface area contributed by atoms with Crippen LogP contribution in [0.3, 0.4) is 0 Å². The predicted molar refractivity (Wildman–Crippen MR) is 67.4 cm³/mol. The van der Waals surface area contributed by atoms with E-state index in [2.05, 4.69) is 35.6 Å². The van der Waals surface area contributed by atoms with Gasteiger partial charge in [-0.3, -0.25) is 0 Å². The molecule has 0 radical (unpaired) electrons. The quantitative estimate of drug-likeness (QED) is 0.795. The average Bonchev–Trinajstić information content (AvgIpc) is 2.29. The van der Waals surface area contributed by atoms with Crippen LogP contribution in [0.4, 0.5) is 5.95 Å². The molecule has 4 heteroatoms. The summed E-state index contributed by atoms with van der Waals surface area (Å²) < 4.78 is 0. The minimum absolute atomic E-state index is 0.0916. The zero-order valence-corrected chi connectivity index (χ0v) is 10.5. The van der Waals surface area contributed by atoms with E-state index in [0.29, 0.717) is 6.54 Å². The molecule has 16 heavy (non-hydrogen) atoms. The van der Waals surface area contributed by atoms with Gasteiger partial charge < -0.3 is 10.6 Å². The van der Waals surface area contributed by atoms with Crippen LogP contribution in [-0.4, -0.2) is 29.6 Å². The first-order valence-electron chi connectivity index (χ1n) is 5.81. The van der Waals surface area contributed by atoms with Gasteiger partial charge in [0, 0.05) is 25.5 Å². The molecule has 0 saturated carbocycles. The molecule has 0 bridgehead atoms. The molecule has 0 fully saturated rings. The molecule has 0 atom stereocenters. The van der Waals surface area contributed by atoms with E-state index in [0.717, 1.165) is 25.5 Å². The van der Waals surface area contributed by atoms with E-state index in [1.165, 1.54) is 0 Å². The number of nitrogens with two attached hydrogens (primary N) is 1. The molecule has 1 aromatic rings. The fraction of sp³-hybridized carbons (Fsp3) is 0.667. The Bertz CT molecular complexity index is 297.